The number of carboxylic acid groups (broad SMARTS) is 2. The molecule has 0 aromatic carbocycles. The van der Waals surface area contributed by atoms with Crippen molar-refractivity contribution in [3.05, 3.63) is 0 Å². The molecule has 0 radical (unpaired) electrons. The predicted octanol–water partition coefficient (Wildman–Crippen LogP) is -1.38. The fraction of sp³-hybridized carbons (Fsp3) is 0.667. The number of nitrogens with two attached hydrogens (primary N) is 1. The third kappa shape index (κ3) is 7.84. The minimum Gasteiger partial charge on any atom is -0.481 e. The molecule has 2 amide bonds. The second kappa shape index (κ2) is 10.0. The van der Waals surface area contributed by atoms with E-state index in [0.29, 0.717) is 12.2 Å². The lowest BCUT2D eigenvalue weighted by atomic mass is 10.1. The van der Waals surface area contributed by atoms with Crippen LogP contribution in [0.25, 0.3) is 0 Å². The maximum atomic E-state index is 11.8. The fourth-order valence-electron chi connectivity index (χ4n) is 1.43. The second-order valence-corrected chi connectivity index (χ2v) is 5.60. The zero-order chi connectivity index (χ0) is 17.3. The number of carbonyl (C=O) groups is 4. The first kappa shape index (κ1) is 20.2. The smallest absolute Gasteiger partial charge is 0.326 e. The summed E-state index contributed by atoms with van der Waals surface area (Å²) in [5, 5.41) is 21.8. The molecular formula is C12H21N3O6S. The summed E-state index contributed by atoms with van der Waals surface area (Å²) in [5.74, 6) is -3.45. The van der Waals surface area contributed by atoms with Crippen LogP contribution in [0.5, 0.6) is 0 Å². The molecule has 0 saturated carbocycles. The largest absolute Gasteiger partial charge is 0.481 e. The molecule has 126 valence electrons. The van der Waals surface area contributed by atoms with E-state index in [2.05, 4.69) is 10.6 Å². The number of nitrogens with one attached hydrogen (secondary N) is 2. The zero-order valence-corrected chi connectivity index (χ0v) is 13.2. The number of thioether (sulfide) groups is 1. The van der Waals surface area contributed by atoms with E-state index in [1.165, 1.54) is 18.7 Å². The molecule has 22 heavy (non-hydrogen) atoms. The minimum absolute atomic E-state index is 0.443. The number of amides is 2. The molecule has 3 atom stereocenters. The van der Waals surface area contributed by atoms with Gasteiger partial charge >= 0.3 is 11.9 Å². The third-order valence-corrected chi connectivity index (χ3v) is 3.36. The Balaban J connectivity index is 4.49. The van der Waals surface area contributed by atoms with Crippen LogP contribution in [-0.4, -0.2) is 64.1 Å². The molecule has 0 heterocycles. The normalized spacial score (nSPS) is 14.5. The summed E-state index contributed by atoms with van der Waals surface area (Å²) < 4.78 is 0. The maximum Gasteiger partial charge on any atom is 0.326 e. The van der Waals surface area contributed by atoms with Crippen LogP contribution in [0.4, 0.5) is 0 Å². The van der Waals surface area contributed by atoms with Gasteiger partial charge in [0.25, 0.3) is 0 Å². The molecule has 0 rings (SSSR count). The van der Waals surface area contributed by atoms with Crippen molar-refractivity contribution in [2.75, 3.05) is 12.0 Å². The molecule has 6 N–H and O–H groups in total. The summed E-state index contributed by atoms with van der Waals surface area (Å²) >= 11 is 1.53. The average molecular weight is 335 g/mol. The second-order valence-electron chi connectivity index (χ2n) is 4.62. The van der Waals surface area contributed by atoms with E-state index >= 15 is 0 Å². The Bertz CT molecular complexity index is 431. The average Bonchev–Trinajstić information content (AvgIpc) is 2.42. The van der Waals surface area contributed by atoms with Gasteiger partial charge in [-0.1, -0.05) is 0 Å². The van der Waals surface area contributed by atoms with Crippen LogP contribution in [0.3, 0.4) is 0 Å². The Morgan fingerprint density at radius 1 is 1.14 bits per heavy atom. The van der Waals surface area contributed by atoms with Crippen molar-refractivity contribution in [2.45, 2.75) is 37.9 Å². The lowest BCUT2D eigenvalue weighted by Crippen LogP contribution is -2.53. The van der Waals surface area contributed by atoms with Crippen LogP contribution in [0.15, 0.2) is 0 Å². The van der Waals surface area contributed by atoms with Gasteiger partial charge in [-0.05, 0) is 25.4 Å². The van der Waals surface area contributed by atoms with Gasteiger partial charge in [0, 0.05) is 0 Å². The van der Waals surface area contributed by atoms with Gasteiger partial charge in [0.1, 0.15) is 12.1 Å². The Morgan fingerprint density at radius 3 is 2.18 bits per heavy atom. The monoisotopic (exact) mass is 335 g/mol. The molecule has 0 aliphatic carbocycles. The molecule has 0 bridgehead atoms. The summed E-state index contributed by atoms with van der Waals surface area (Å²) in [4.78, 5) is 44.9. The summed E-state index contributed by atoms with van der Waals surface area (Å²) in [7, 11) is 0. The lowest BCUT2D eigenvalue weighted by Gasteiger charge is -2.19. The Hall–Kier alpha value is -1.81. The first-order valence-corrected chi connectivity index (χ1v) is 7.88. The van der Waals surface area contributed by atoms with Crippen LogP contribution in [0.2, 0.25) is 0 Å². The number of carbonyl (C=O) groups excluding carboxylic acids is 2. The summed E-state index contributed by atoms with van der Waals surface area (Å²) in [6, 6.07) is -3.35. The van der Waals surface area contributed by atoms with Crippen LogP contribution < -0.4 is 16.4 Å². The van der Waals surface area contributed by atoms with Crippen molar-refractivity contribution in [1.82, 2.24) is 10.6 Å². The number of hydrogen-bond donors (Lipinski definition) is 5. The molecule has 0 unspecified atom stereocenters. The van der Waals surface area contributed by atoms with Crippen LogP contribution in [-0.2, 0) is 19.2 Å². The van der Waals surface area contributed by atoms with Crippen LogP contribution >= 0.6 is 11.8 Å². The van der Waals surface area contributed by atoms with Gasteiger partial charge in [0.2, 0.25) is 11.8 Å². The van der Waals surface area contributed by atoms with Crippen molar-refractivity contribution >= 4 is 35.5 Å². The summed E-state index contributed by atoms with van der Waals surface area (Å²) in [5.41, 5.74) is 5.64. The molecule has 9 nitrogen and oxygen atoms in total. The predicted molar refractivity (Wildman–Crippen MR) is 80.4 cm³/mol. The van der Waals surface area contributed by atoms with E-state index < -0.39 is 48.3 Å². The van der Waals surface area contributed by atoms with E-state index in [9.17, 15) is 19.2 Å². The molecule has 0 saturated heterocycles. The third-order valence-electron chi connectivity index (χ3n) is 2.72. The van der Waals surface area contributed by atoms with Gasteiger partial charge in [-0.2, -0.15) is 11.8 Å². The van der Waals surface area contributed by atoms with E-state index in [0.717, 1.165) is 0 Å². The number of aliphatic carboxylic acids is 2. The molecule has 0 aliphatic heterocycles. The van der Waals surface area contributed by atoms with Gasteiger partial charge in [0.05, 0.1) is 12.5 Å². The summed E-state index contributed by atoms with van der Waals surface area (Å²) in [6.45, 7) is 1.36. The van der Waals surface area contributed by atoms with Crippen molar-refractivity contribution < 1.29 is 29.4 Å². The lowest BCUT2D eigenvalue weighted by molar-refractivity contribution is -0.147. The van der Waals surface area contributed by atoms with Crippen molar-refractivity contribution in [3.8, 4) is 0 Å². The number of carboxylic acids is 2. The van der Waals surface area contributed by atoms with E-state index in [1.807, 2.05) is 6.26 Å². The van der Waals surface area contributed by atoms with E-state index in [4.69, 9.17) is 15.9 Å². The SMILES string of the molecule is CSCC[C@H](N)C(=O)N[C@@H](C)C(=O)N[C@@H](CC(=O)O)C(=O)O. The van der Waals surface area contributed by atoms with Crippen molar-refractivity contribution in [2.24, 2.45) is 5.73 Å². The first-order chi connectivity index (χ1) is 10.2. The minimum atomic E-state index is -1.56. The van der Waals surface area contributed by atoms with Crippen molar-refractivity contribution in [3.63, 3.8) is 0 Å². The van der Waals surface area contributed by atoms with Crippen LogP contribution in [0, 0.1) is 0 Å². The summed E-state index contributed by atoms with van der Waals surface area (Å²) in [6.07, 6.45) is 1.56. The Morgan fingerprint density at radius 2 is 1.73 bits per heavy atom. The van der Waals surface area contributed by atoms with E-state index in [1.54, 1.807) is 0 Å². The first-order valence-electron chi connectivity index (χ1n) is 6.48. The highest BCUT2D eigenvalue weighted by atomic mass is 32.2. The van der Waals surface area contributed by atoms with Gasteiger partial charge in [-0.25, -0.2) is 4.79 Å². The molecular weight excluding hydrogens is 314 g/mol. The molecule has 0 aromatic heterocycles. The van der Waals surface area contributed by atoms with Crippen LogP contribution in [0.1, 0.15) is 19.8 Å². The molecule has 0 aromatic rings. The van der Waals surface area contributed by atoms with Gasteiger partial charge < -0.3 is 26.6 Å². The topological polar surface area (TPSA) is 159 Å². The number of hydrogen-bond acceptors (Lipinski definition) is 6. The number of rotatable bonds is 10. The molecule has 0 spiro atoms. The fourth-order valence-corrected chi connectivity index (χ4v) is 1.92. The quantitative estimate of drug-likeness (QED) is 0.326. The highest BCUT2D eigenvalue weighted by Gasteiger charge is 2.26. The Kier molecular flexibility index (Phi) is 9.18. The van der Waals surface area contributed by atoms with Gasteiger partial charge in [-0.3, -0.25) is 14.4 Å². The standard InChI is InChI=1S/C12H21N3O6S/c1-6(14-11(19)7(13)3-4-22-2)10(18)15-8(12(20)21)5-9(16)17/h6-8H,3-5,13H2,1-2H3,(H,14,19)(H,15,18)(H,16,17)(H,20,21)/t6-,7-,8-/m0/s1. The van der Waals surface area contributed by atoms with E-state index in [-0.39, 0.29) is 0 Å². The highest BCUT2D eigenvalue weighted by molar-refractivity contribution is 7.98. The van der Waals surface area contributed by atoms with Crippen molar-refractivity contribution in [1.29, 1.82) is 0 Å². The molecule has 0 fully saturated rings. The molecule has 0 aliphatic rings. The maximum absolute atomic E-state index is 11.8. The highest BCUT2D eigenvalue weighted by Crippen LogP contribution is 2.00. The Labute approximate surface area is 132 Å². The zero-order valence-electron chi connectivity index (χ0n) is 12.4. The molecule has 10 heteroatoms. The van der Waals surface area contributed by atoms with Gasteiger partial charge in [0.15, 0.2) is 0 Å². The van der Waals surface area contributed by atoms with Gasteiger partial charge in [-0.15, -0.1) is 0 Å².